The van der Waals surface area contributed by atoms with Crippen molar-refractivity contribution >= 4 is 6.09 Å². The van der Waals surface area contributed by atoms with E-state index in [-0.39, 0.29) is 12.0 Å². The van der Waals surface area contributed by atoms with Crippen LogP contribution in [0.5, 0.6) is 0 Å². The highest BCUT2D eigenvalue weighted by Crippen LogP contribution is 2.44. The summed E-state index contributed by atoms with van der Waals surface area (Å²) in [6, 6.07) is 25.2. The largest absolute Gasteiger partial charge is 0.448 e. The molecule has 1 aliphatic carbocycles. The molecule has 1 heterocycles. The lowest BCUT2D eigenvalue weighted by molar-refractivity contribution is 0.0953. The van der Waals surface area contributed by atoms with Gasteiger partial charge in [0.05, 0.1) is 0 Å². The second-order valence-electron chi connectivity index (χ2n) is 7.24. The van der Waals surface area contributed by atoms with Crippen LogP contribution in [0, 0.1) is 0 Å². The van der Waals surface area contributed by atoms with E-state index in [9.17, 15) is 4.79 Å². The lowest BCUT2D eigenvalue weighted by Crippen LogP contribution is -2.36. The molecule has 0 bridgehead atoms. The van der Waals surface area contributed by atoms with Gasteiger partial charge in [-0.3, -0.25) is 0 Å². The van der Waals surface area contributed by atoms with Gasteiger partial charge in [0.15, 0.2) is 0 Å². The Bertz CT molecular complexity index is 965. The van der Waals surface area contributed by atoms with E-state index < -0.39 is 0 Å². The summed E-state index contributed by atoms with van der Waals surface area (Å²) in [5.41, 5.74) is 7.55. The molecular formula is C24H21NO2. The van der Waals surface area contributed by atoms with Gasteiger partial charge >= 0.3 is 6.09 Å². The fraction of sp³-hybridized carbons (Fsp3) is 0.208. The number of carbonyl (C=O) groups excluding carboxylic acids is 1. The predicted molar refractivity (Wildman–Crippen MR) is 106 cm³/mol. The maximum Gasteiger partial charge on any atom is 0.410 e. The van der Waals surface area contributed by atoms with Crippen LogP contribution in [-0.2, 0) is 17.7 Å². The number of nitrogens with zero attached hydrogens (tertiary/aromatic N) is 1. The highest BCUT2D eigenvalue weighted by Gasteiger charge is 2.30. The van der Waals surface area contributed by atoms with E-state index in [0.29, 0.717) is 19.7 Å². The van der Waals surface area contributed by atoms with Crippen molar-refractivity contribution in [3.8, 4) is 11.1 Å². The molecule has 0 fully saturated rings. The number of ether oxygens (including phenoxy) is 1. The molecule has 0 saturated carbocycles. The van der Waals surface area contributed by atoms with E-state index in [0.717, 1.165) is 6.42 Å². The molecule has 0 N–H and O–H groups in total. The molecule has 3 nitrogen and oxygen atoms in total. The zero-order valence-corrected chi connectivity index (χ0v) is 15.1. The van der Waals surface area contributed by atoms with Gasteiger partial charge in [-0.05, 0) is 39.8 Å². The average Bonchev–Trinajstić information content (AvgIpc) is 3.05. The zero-order valence-electron chi connectivity index (χ0n) is 15.1. The highest BCUT2D eigenvalue weighted by atomic mass is 16.6. The Balaban J connectivity index is 1.33. The van der Waals surface area contributed by atoms with E-state index in [4.69, 9.17) is 4.74 Å². The van der Waals surface area contributed by atoms with Crippen LogP contribution in [0.15, 0.2) is 72.8 Å². The minimum Gasteiger partial charge on any atom is -0.448 e. The Kier molecular flexibility index (Phi) is 3.93. The van der Waals surface area contributed by atoms with Crippen molar-refractivity contribution in [1.82, 2.24) is 4.90 Å². The van der Waals surface area contributed by atoms with Crippen LogP contribution in [0.1, 0.15) is 28.2 Å². The zero-order chi connectivity index (χ0) is 18.2. The molecular weight excluding hydrogens is 334 g/mol. The molecule has 0 saturated heterocycles. The van der Waals surface area contributed by atoms with Gasteiger partial charge in [-0.25, -0.2) is 4.79 Å². The molecule has 27 heavy (non-hydrogen) atoms. The third kappa shape index (κ3) is 2.80. The van der Waals surface area contributed by atoms with Crippen LogP contribution < -0.4 is 0 Å². The summed E-state index contributed by atoms with van der Waals surface area (Å²) in [6.45, 7) is 1.73. The lowest BCUT2D eigenvalue weighted by atomic mass is 9.98. The molecule has 0 aromatic heterocycles. The molecule has 3 aromatic rings. The molecule has 0 atom stereocenters. The van der Waals surface area contributed by atoms with Crippen molar-refractivity contribution in [1.29, 1.82) is 0 Å². The van der Waals surface area contributed by atoms with Gasteiger partial charge < -0.3 is 9.64 Å². The third-order valence-corrected chi connectivity index (χ3v) is 5.72. The number of amides is 1. The minimum atomic E-state index is -0.216. The number of rotatable bonds is 2. The Morgan fingerprint density at radius 2 is 1.44 bits per heavy atom. The summed E-state index contributed by atoms with van der Waals surface area (Å²) >= 11 is 0. The van der Waals surface area contributed by atoms with Crippen molar-refractivity contribution in [2.75, 3.05) is 13.2 Å². The molecule has 0 unspecified atom stereocenters. The SMILES string of the molecule is O=C(OCC1c2ccccc2-c2ccccc21)N1CCc2ccccc2C1. The Morgan fingerprint density at radius 1 is 0.852 bits per heavy atom. The van der Waals surface area contributed by atoms with Gasteiger partial charge in [0.1, 0.15) is 6.61 Å². The summed E-state index contributed by atoms with van der Waals surface area (Å²) in [6.07, 6.45) is 0.673. The Morgan fingerprint density at radius 3 is 2.15 bits per heavy atom. The molecule has 134 valence electrons. The molecule has 3 aromatic carbocycles. The fourth-order valence-electron chi connectivity index (χ4n) is 4.34. The number of benzene rings is 3. The van der Waals surface area contributed by atoms with Gasteiger partial charge in [0.25, 0.3) is 0 Å². The molecule has 1 aliphatic heterocycles. The second-order valence-corrected chi connectivity index (χ2v) is 7.24. The monoisotopic (exact) mass is 355 g/mol. The van der Waals surface area contributed by atoms with Gasteiger partial charge in [-0.2, -0.15) is 0 Å². The minimum absolute atomic E-state index is 0.110. The topological polar surface area (TPSA) is 29.5 Å². The molecule has 5 rings (SSSR count). The summed E-state index contributed by atoms with van der Waals surface area (Å²) in [4.78, 5) is 14.5. The van der Waals surface area contributed by atoms with Crippen molar-refractivity contribution in [2.24, 2.45) is 0 Å². The van der Waals surface area contributed by atoms with Gasteiger partial charge in [0.2, 0.25) is 0 Å². The van der Waals surface area contributed by atoms with E-state index in [1.54, 1.807) is 0 Å². The first-order valence-electron chi connectivity index (χ1n) is 9.48. The summed E-state index contributed by atoms with van der Waals surface area (Å²) < 4.78 is 5.78. The van der Waals surface area contributed by atoms with Crippen LogP contribution in [0.2, 0.25) is 0 Å². The smallest absolute Gasteiger partial charge is 0.410 e. The van der Waals surface area contributed by atoms with Crippen molar-refractivity contribution in [2.45, 2.75) is 18.9 Å². The number of carbonyl (C=O) groups is 1. The first-order valence-corrected chi connectivity index (χ1v) is 9.48. The van der Waals surface area contributed by atoms with E-state index in [2.05, 4.69) is 66.7 Å². The van der Waals surface area contributed by atoms with Crippen LogP contribution in [-0.4, -0.2) is 24.1 Å². The molecule has 1 amide bonds. The highest BCUT2D eigenvalue weighted by molar-refractivity contribution is 5.79. The molecule has 2 aliphatic rings. The van der Waals surface area contributed by atoms with Crippen LogP contribution in [0.25, 0.3) is 11.1 Å². The maximum atomic E-state index is 12.7. The first kappa shape index (κ1) is 16.1. The second kappa shape index (κ2) is 6.58. The summed E-state index contributed by atoms with van der Waals surface area (Å²) in [5.74, 6) is 0.110. The lowest BCUT2D eigenvalue weighted by Gasteiger charge is -2.28. The van der Waals surface area contributed by atoms with Gasteiger partial charge in [-0.1, -0.05) is 72.8 Å². The summed E-state index contributed by atoms with van der Waals surface area (Å²) in [7, 11) is 0. The van der Waals surface area contributed by atoms with E-state index in [1.165, 1.54) is 33.4 Å². The van der Waals surface area contributed by atoms with E-state index in [1.807, 2.05) is 11.0 Å². The first-order chi connectivity index (χ1) is 13.3. The maximum absolute atomic E-state index is 12.7. The van der Waals surface area contributed by atoms with Crippen molar-refractivity contribution in [3.63, 3.8) is 0 Å². The summed E-state index contributed by atoms with van der Waals surface area (Å²) in [5, 5.41) is 0. The molecule has 0 radical (unpaired) electrons. The normalized spacial score (nSPS) is 15.0. The molecule has 0 spiro atoms. The standard InChI is InChI=1S/C24H21NO2/c26-24(25-14-13-17-7-1-2-8-18(17)15-25)27-16-23-21-11-5-3-9-19(21)20-10-4-6-12-22(20)23/h1-12,23H,13-16H2. The Hall–Kier alpha value is -3.07. The van der Waals surface area contributed by atoms with Crippen LogP contribution in [0.4, 0.5) is 4.79 Å². The van der Waals surface area contributed by atoms with Gasteiger partial charge in [0, 0.05) is 19.0 Å². The number of fused-ring (bicyclic) bond motifs is 4. The average molecular weight is 355 g/mol. The number of hydrogen-bond donors (Lipinski definition) is 0. The molecule has 3 heteroatoms. The van der Waals surface area contributed by atoms with Crippen molar-refractivity contribution in [3.05, 3.63) is 95.1 Å². The number of hydrogen-bond acceptors (Lipinski definition) is 2. The quantitative estimate of drug-likeness (QED) is 0.648. The Labute approximate surface area is 159 Å². The van der Waals surface area contributed by atoms with E-state index >= 15 is 0 Å². The van der Waals surface area contributed by atoms with Crippen LogP contribution in [0.3, 0.4) is 0 Å². The third-order valence-electron chi connectivity index (χ3n) is 5.72. The van der Waals surface area contributed by atoms with Gasteiger partial charge in [-0.15, -0.1) is 0 Å². The predicted octanol–water partition coefficient (Wildman–Crippen LogP) is 4.99. The van der Waals surface area contributed by atoms with Crippen LogP contribution >= 0.6 is 0 Å². The fourth-order valence-corrected chi connectivity index (χ4v) is 4.34. The van der Waals surface area contributed by atoms with Crippen molar-refractivity contribution < 1.29 is 9.53 Å².